The van der Waals surface area contributed by atoms with Crippen LogP contribution < -0.4 is 10.1 Å². The molecule has 0 fully saturated rings. The SMILES string of the molecule is CCOC(=O)c1ccc(Nc2ncc(SC)c(-c3ccccc3OC(F)(F)F)n2)cc1. The first-order valence-electron chi connectivity index (χ1n) is 9.11. The molecule has 162 valence electrons. The van der Waals surface area contributed by atoms with E-state index in [4.69, 9.17) is 4.74 Å². The Morgan fingerprint density at radius 3 is 2.48 bits per heavy atom. The molecule has 0 saturated heterocycles. The van der Waals surface area contributed by atoms with Crippen LogP contribution in [0.2, 0.25) is 0 Å². The van der Waals surface area contributed by atoms with E-state index in [0.29, 0.717) is 21.8 Å². The highest BCUT2D eigenvalue weighted by molar-refractivity contribution is 7.98. The maximum absolute atomic E-state index is 12.8. The van der Waals surface area contributed by atoms with Gasteiger partial charge in [-0.2, -0.15) is 0 Å². The number of rotatable bonds is 7. The van der Waals surface area contributed by atoms with E-state index in [2.05, 4.69) is 20.0 Å². The van der Waals surface area contributed by atoms with Crippen molar-refractivity contribution >= 4 is 29.4 Å². The number of thioether (sulfide) groups is 1. The summed E-state index contributed by atoms with van der Waals surface area (Å²) in [4.78, 5) is 21.0. The van der Waals surface area contributed by atoms with E-state index in [1.54, 1.807) is 43.5 Å². The van der Waals surface area contributed by atoms with Crippen molar-refractivity contribution in [1.82, 2.24) is 9.97 Å². The number of hydrogen-bond donors (Lipinski definition) is 1. The van der Waals surface area contributed by atoms with E-state index in [0.717, 1.165) is 0 Å². The van der Waals surface area contributed by atoms with Crippen molar-refractivity contribution in [2.45, 2.75) is 18.2 Å². The molecule has 0 aliphatic carbocycles. The van der Waals surface area contributed by atoms with Crippen LogP contribution in [0, 0.1) is 0 Å². The summed E-state index contributed by atoms with van der Waals surface area (Å²) in [5, 5.41) is 2.98. The molecule has 3 rings (SSSR count). The molecule has 6 nitrogen and oxygen atoms in total. The van der Waals surface area contributed by atoms with Gasteiger partial charge >= 0.3 is 12.3 Å². The van der Waals surface area contributed by atoms with Crippen molar-refractivity contribution in [3.63, 3.8) is 0 Å². The van der Waals surface area contributed by atoms with Gasteiger partial charge in [0, 0.05) is 17.4 Å². The van der Waals surface area contributed by atoms with Crippen LogP contribution in [0.25, 0.3) is 11.3 Å². The molecule has 0 bridgehead atoms. The number of para-hydroxylation sites is 1. The number of benzene rings is 2. The van der Waals surface area contributed by atoms with Gasteiger partial charge in [0.1, 0.15) is 5.75 Å². The van der Waals surface area contributed by atoms with Crippen LogP contribution in [0.3, 0.4) is 0 Å². The number of carbonyl (C=O) groups is 1. The second-order valence-corrected chi connectivity index (χ2v) is 6.93. The summed E-state index contributed by atoms with van der Waals surface area (Å²) in [6.07, 6.45) is -1.53. The quantitative estimate of drug-likeness (QED) is 0.367. The summed E-state index contributed by atoms with van der Waals surface area (Å²) >= 11 is 1.30. The molecule has 3 aromatic rings. The number of nitrogens with one attached hydrogen (secondary N) is 1. The lowest BCUT2D eigenvalue weighted by Crippen LogP contribution is -2.17. The van der Waals surface area contributed by atoms with Gasteiger partial charge in [-0.3, -0.25) is 0 Å². The van der Waals surface area contributed by atoms with Crippen LogP contribution in [-0.4, -0.2) is 35.2 Å². The standard InChI is InChI=1S/C21H18F3N3O3S/c1-3-29-19(28)13-8-10-14(11-9-13)26-20-25-12-17(31-2)18(27-20)15-6-4-5-7-16(15)30-21(22,23)24/h4-12H,3H2,1-2H3,(H,25,26,27). The fourth-order valence-corrected chi connectivity index (χ4v) is 3.19. The van der Waals surface area contributed by atoms with E-state index in [-0.39, 0.29) is 23.9 Å². The predicted octanol–water partition coefficient (Wildman–Crippen LogP) is 5.68. The molecule has 1 N–H and O–H groups in total. The minimum absolute atomic E-state index is 0.179. The molecule has 0 aliphatic heterocycles. The lowest BCUT2D eigenvalue weighted by atomic mass is 10.1. The Bertz CT molecular complexity index is 1060. The Labute approximate surface area is 180 Å². The van der Waals surface area contributed by atoms with Crippen LogP contribution in [-0.2, 0) is 4.74 Å². The topological polar surface area (TPSA) is 73.3 Å². The number of alkyl halides is 3. The summed E-state index contributed by atoms with van der Waals surface area (Å²) < 4.78 is 47.6. The monoisotopic (exact) mass is 449 g/mol. The maximum atomic E-state index is 12.8. The van der Waals surface area contributed by atoms with Crippen molar-refractivity contribution in [2.24, 2.45) is 0 Å². The fourth-order valence-electron chi connectivity index (χ4n) is 2.68. The van der Waals surface area contributed by atoms with Crippen molar-refractivity contribution in [3.8, 4) is 17.0 Å². The van der Waals surface area contributed by atoms with Crippen LogP contribution in [0.15, 0.2) is 59.6 Å². The first-order valence-corrected chi connectivity index (χ1v) is 10.3. The third-order valence-corrected chi connectivity index (χ3v) is 4.73. The Kier molecular flexibility index (Phi) is 7.01. The van der Waals surface area contributed by atoms with Crippen molar-refractivity contribution in [3.05, 3.63) is 60.3 Å². The average Bonchev–Trinajstić information content (AvgIpc) is 2.74. The zero-order valence-electron chi connectivity index (χ0n) is 16.6. The number of ether oxygens (including phenoxy) is 2. The lowest BCUT2D eigenvalue weighted by molar-refractivity contribution is -0.274. The first kappa shape index (κ1) is 22.4. The highest BCUT2D eigenvalue weighted by Crippen LogP contribution is 2.37. The number of nitrogens with zero attached hydrogens (tertiary/aromatic N) is 2. The third-order valence-electron chi connectivity index (χ3n) is 4.00. The Morgan fingerprint density at radius 2 is 1.84 bits per heavy atom. The molecule has 1 heterocycles. The molecule has 0 aliphatic rings. The number of anilines is 2. The molecule has 0 radical (unpaired) electrons. The highest BCUT2D eigenvalue weighted by Gasteiger charge is 2.32. The van der Waals surface area contributed by atoms with Gasteiger partial charge in [0.15, 0.2) is 0 Å². The summed E-state index contributed by atoms with van der Waals surface area (Å²) in [6, 6.07) is 12.3. The molecule has 1 aromatic heterocycles. The second-order valence-electron chi connectivity index (χ2n) is 6.08. The molecule has 2 aromatic carbocycles. The molecule has 0 amide bonds. The zero-order valence-corrected chi connectivity index (χ0v) is 17.4. The van der Waals surface area contributed by atoms with Crippen molar-refractivity contribution in [1.29, 1.82) is 0 Å². The highest BCUT2D eigenvalue weighted by atomic mass is 32.2. The molecule has 0 spiro atoms. The minimum Gasteiger partial charge on any atom is -0.462 e. The summed E-state index contributed by atoms with van der Waals surface area (Å²) in [5.74, 6) is -0.606. The van der Waals surface area contributed by atoms with Crippen LogP contribution >= 0.6 is 11.8 Å². The molecular formula is C21H18F3N3O3S. The van der Waals surface area contributed by atoms with E-state index in [1.165, 1.54) is 36.2 Å². The van der Waals surface area contributed by atoms with Crippen LogP contribution in [0.4, 0.5) is 24.8 Å². The van der Waals surface area contributed by atoms with E-state index in [9.17, 15) is 18.0 Å². The molecule has 0 unspecified atom stereocenters. The van der Waals surface area contributed by atoms with Crippen molar-refractivity contribution in [2.75, 3.05) is 18.2 Å². The number of carbonyl (C=O) groups excluding carboxylic acids is 1. The average molecular weight is 449 g/mol. The van der Waals surface area contributed by atoms with Gasteiger partial charge in [-0.1, -0.05) is 12.1 Å². The van der Waals surface area contributed by atoms with Gasteiger partial charge in [-0.05, 0) is 49.6 Å². The largest absolute Gasteiger partial charge is 0.573 e. The number of halogens is 3. The van der Waals surface area contributed by atoms with Crippen LogP contribution in [0.1, 0.15) is 17.3 Å². The van der Waals surface area contributed by atoms with Gasteiger partial charge in [0.05, 0.1) is 22.8 Å². The Hall–Kier alpha value is -3.27. The predicted molar refractivity (Wildman–Crippen MR) is 112 cm³/mol. The normalized spacial score (nSPS) is 11.1. The van der Waals surface area contributed by atoms with E-state index >= 15 is 0 Å². The molecular weight excluding hydrogens is 431 g/mol. The summed E-state index contributed by atoms with van der Waals surface area (Å²) in [5.41, 5.74) is 1.47. The number of esters is 1. The third kappa shape index (κ3) is 5.88. The zero-order chi connectivity index (χ0) is 22.4. The molecule has 31 heavy (non-hydrogen) atoms. The molecule has 10 heteroatoms. The van der Waals surface area contributed by atoms with Gasteiger partial charge in [-0.25, -0.2) is 14.8 Å². The van der Waals surface area contributed by atoms with Gasteiger partial charge < -0.3 is 14.8 Å². The van der Waals surface area contributed by atoms with E-state index in [1.807, 2.05) is 0 Å². The maximum Gasteiger partial charge on any atom is 0.573 e. The number of hydrogen-bond acceptors (Lipinski definition) is 7. The minimum atomic E-state index is -4.83. The van der Waals surface area contributed by atoms with Gasteiger partial charge in [0.25, 0.3) is 0 Å². The van der Waals surface area contributed by atoms with Gasteiger partial charge in [-0.15, -0.1) is 24.9 Å². The Balaban J connectivity index is 1.91. The number of aromatic nitrogens is 2. The molecule has 0 saturated carbocycles. The first-order chi connectivity index (χ1) is 14.8. The van der Waals surface area contributed by atoms with Crippen molar-refractivity contribution < 1.29 is 27.4 Å². The van der Waals surface area contributed by atoms with Crippen LogP contribution in [0.5, 0.6) is 5.75 Å². The Morgan fingerprint density at radius 1 is 1.13 bits per heavy atom. The summed E-state index contributed by atoms with van der Waals surface area (Å²) in [6.45, 7) is 2.00. The molecule has 0 atom stereocenters. The lowest BCUT2D eigenvalue weighted by Gasteiger charge is -2.15. The summed E-state index contributed by atoms with van der Waals surface area (Å²) in [7, 11) is 0. The van der Waals surface area contributed by atoms with Gasteiger partial charge in [0.2, 0.25) is 5.95 Å². The fraction of sp³-hybridized carbons (Fsp3) is 0.190. The smallest absolute Gasteiger partial charge is 0.462 e. The second kappa shape index (κ2) is 9.69. The van der Waals surface area contributed by atoms with E-state index < -0.39 is 12.3 Å².